The fourth-order valence-electron chi connectivity index (χ4n) is 3.08. The van der Waals surface area contributed by atoms with Gasteiger partial charge in [-0.3, -0.25) is 0 Å². The Kier molecular flexibility index (Phi) is 6.00. The van der Waals surface area contributed by atoms with Crippen LogP contribution in [0.4, 0.5) is 18.9 Å². The Morgan fingerprint density at radius 3 is 2.53 bits per heavy atom. The number of aromatic nitrogens is 2. The van der Waals surface area contributed by atoms with Gasteiger partial charge in [0.05, 0.1) is 36.3 Å². The summed E-state index contributed by atoms with van der Waals surface area (Å²) in [5, 5.41) is 7.10. The molecule has 6 nitrogen and oxygen atoms in total. The van der Waals surface area contributed by atoms with E-state index in [0.29, 0.717) is 17.1 Å². The third-order valence-electron chi connectivity index (χ3n) is 4.44. The number of anilines is 1. The SMILES string of the molecule is COc1ccccc1NC(N)=NCc1ccc(-n2nc(C)cc2C)cc1C(F)(F)F. The second kappa shape index (κ2) is 8.48. The van der Waals surface area contributed by atoms with Crippen LogP contribution in [-0.2, 0) is 12.7 Å². The monoisotopic (exact) mass is 417 g/mol. The molecule has 1 heterocycles. The van der Waals surface area contributed by atoms with Crippen LogP contribution in [0, 0.1) is 13.8 Å². The zero-order valence-electron chi connectivity index (χ0n) is 16.8. The zero-order chi connectivity index (χ0) is 21.9. The van der Waals surface area contributed by atoms with Crippen molar-refractivity contribution in [3.05, 3.63) is 71.0 Å². The molecule has 0 aliphatic rings. The molecule has 0 saturated carbocycles. The number of aliphatic imine (C=N–C) groups is 1. The van der Waals surface area contributed by atoms with Crippen LogP contribution in [0.5, 0.6) is 5.75 Å². The summed E-state index contributed by atoms with van der Waals surface area (Å²) in [6.45, 7) is 3.34. The van der Waals surface area contributed by atoms with Gasteiger partial charge in [-0.05, 0) is 49.7 Å². The van der Waals surface area contributed by atoms with E-state index in [9.17, 15) is 13.2 Å². The van der Waals surface area contributed by atoms with Crippen molar-refractivity contribution in [3.8, 4) is 11.4 Å². The maximum Gasteiger partial charge on any atom is 0.416 e. The Bertz CT molecular complexity index is 1070. The number of hydrogen-bond donors (Lipinski definition) is 2. The van der Waals surface area contributed by atoms with Crippen molar-refractivity contribution < 1.29 is 17.9 Å². The summed E-state index contributed by atoms with van der Waals surface area (Å²) in [5.41, 5.74) is 7.48. The molecule has 0 bridgehead atoms. The summed E-state index contributed by atoms with van der Waals surface area (Å²) in [6.07, 6.45) is -4.54. The third kappa shape index (κ3) is 4.73. The largest absolute Gasteiger partial charge is 0.495 e. The highest BCUT2D eigenvalue weighted by Crippen LogP contribution is 2.34. The van der Waals surface area contributed by atoms with Gasteiger partial charge in [0.2, 0.25) is 0 Å². The van der Waals surface area contributed by atoms with Crippen LogP contribution in [0.25, 0.3) is 5.69 Å². The molecular formula is C21H22F3N5O. The molecule has 0 aliphatic carbocycles. The molecule has 0 aliphatic heterocycles. The van der Waals surface area contributed by atoms with Crippen LogP contribution >= 0.6 is 0 Å². The highest BCUT2D eigenvalue weighted by Gasteiger charge is 2.33. The summed E-state index contributed by atoms with van der Waals surface area (Å²) in [6, 6.07) is 12.9. The van der Waals surface area contributed by atoms with Crippen LogP contribution in [0.1, 0.15) is 22.5 Å². The molecule has 1 aromatic heterocycles. The van der Waals surface area contributed by atoms with E-state index in [-0.39, 0.29) is 18.1 Å². The van der Waals surface area contributed by atoms with Gasteiger partial charge in [0, 0.05) is 5.69 Å². The number of alkyl halides is 3. The van der Waals surface area contributed by atoms with Crippen molar-refractivity contribution in [1.29, 1.82) is 0 Å². The van der Waals surface area contributed by atoms with Crippen molar-refractivity contribution >= 4 is 11.6 Å². The van der Waals surface area contributed by atoms with Gasteiger partial charge in [0.25, 0.3) is 0 Å². The van der Waals surface area contributed by atoms with Gasteiger partial charge in [-0.2, -0.15) is 18.3 Å². The van der Waals surface area contributed by atoms with Crippen molar-refractivity contribution in [2.45, 2.75) is 26.6 Å². The number of methoxy groups -OCH3 is 1. The number of halogens is 3. The third-order valence-corrected chi connectivity index (χ3v) is 4.44. The average molecular weight is 417 g/mol. The first-order valence-electron chi connectivity index (χ1n) is 9.12. The van der Waals surface area contributed by atoms with E-state index in [2.05, 4.69) is 15.4 Å². The summed E-state index contributed by atoms with van der Waals surface area (Å²) >= 11 is 0. The molecule has 3 aromatic rings. The molecule has 158 valence electrons. The highest BCUT2D eigenvalue weighted by molar-refractivity contribution is 5.93. The van der Waals surface area contributed by atoms with Gasteiger partial charge >= 0.3 is 6.18 Å². The second-order valence-corrected chi connectivity index (χ2v) is 6.70. The van der Waals surface area contributed by atoms with Crippen LogP contribution in [-0.4, -0.2) is 22.8 Å². The Balaban J connectivity index is 1.88. The molecule has 2 aromatic carbocycles. The number of para-hydroxylation sites is 2. The van der Waals surface area contributed by atoms with Crippen LogP contribution in [0.2, 0.25) is 0 Å². The number of ether oxygens (including phenoxy) is 1. The van der Waals surface area contributed by atoms with Crippen molar-refractivity contribution in [2.75, 3.05) is 12.4 Å². The van der Waals surface area contributed by atoms with Gasteiger partial charge in [0.15, 0.2) is 5.96 Å². The Morgan fingerprint density at radius 2 is 1.90 bits per heavy atom. The van der Waals surface area contributed by atoms with E-state index in [1.165, 1.54) is 17.9 Å². The van der Waals surface area contributed by atoms with E-state index in [4.69, 9.17) is 10.5 Å². The molecule has 0 unspecified atom stereocenters. The molecule has 9 heteroatoms. The van der Waals surface area contributed by atoms with Crippen molar-refractivity contribution in [3.63, 3.8) is 0 Å². The lowest BCUT2D eigenvalue weighted by Gasteiger charge is -2.15. The van der Waals surface area contributed by atoms with E-state index in [1.54, 1.807) is 50.2 Å². The average Bonchev–Trinajstić information content (AvgIpc) is 3.04. The Labute approximate surface area is 172 Å². The molecule has 30 heavy (non-hydrogen) atoms. The highest BCUT2D eigenvalue weighted by atomic mass is 19.4. The molecule has 0 atom stereocenters. The lowest BCUT2D eigenvalue weighted by Crippen LogP contribution is -2.23. The fourth-order valence-corrected chi connectivity index (χ4v) is 3.08. The number of hydrogen-bond acceptors (Lipinski definition) is 3. The summed E-state index contributed by atoms with van der Waals surface area (Å²) in [4.78, 5) is 4.07. The molecule has 0 fully saturated rings. The van der Waals surface area contributed by atoms with Gasteiger partial charge in [-0.25, -0.2) is 9.67 Å². The number of nitrogens with zero attached hydrogens (tertiary/aromatic N) is 3. The Hall–Kier alpha value is -3.49. The maximum atomic E-state index is 13.7. The van der Waals surface area contributed by atoms with Gasteiger partial charge < -0.3 is 15.8 Å². The second-order valence-electron chi connectivity index (χ2n) is 6.70. The van der Waals surface area contributed by atoms with Crippen molar-refractivity contribution in [2.24, 2.45) is 10.7 Å². The lowest BCUT2D eigenvalue weighted by molar-refractivity contribution is -0.138. The first-order valence-corrected chi connectivity index (χ1v) is 9.12. The van der Waals surface area contributed by atoms with Gasteiger partial charge in [-0.15, -0.1) is 0 Å². The van der Waals surface area contributed by atoms with Gasteiger partial charge in [0.1, 0.15) is 5.75 Å². The van der Waals surface area contributed by atoms with E-state index in [0.717, 1.165) is 17.5 Å². The smallest absolute Gasteiger partial charge is 0.416 e. The molecule has 0 radical (unpaired) electrons. The fraction of sp³-hybridized carbons (Fsp3) is 0.238. The van der Waals surface area contributed by atoms with E-state index < -0.39 is 11.7 Å². The first-order chi connectivity index (χ1) is 14.2. The summed E-state index contributed by atoms with van der Waals surface area (Å²) in [5.74, 6) is 0.524. The predicted molar refractivity (Wildman–Crippen MR) is 110 cm³/mol. The molecule has 0 spiro atoms. The van der Waals surface area contributed by atoms with Gasteiger partial charge in [-0.1, -0.05) is 18.2 Å². The minimum Gasteiger partial charge on any atom is -0.495 e. The number of nitrogens with one attached hydrogen (secondary N) is 1. The minimum absolute atomic E-state index is 0.0116. The number of rotatable bonds is 5. The predicted octanol–water partition coefficient (Wildman–Crippen LogP) is 4.44. The van der Waals surface area contributed by atoms with Crippen LogP contribution in [0.3, 0.4) is 0 Å². The topological polar surface area (TPSA) is 77.5 Å². The summed E-state index contributed by atoms with van der Waals surface area (Å²) in [7, 11) is 1.51. The quantitative estimate of drug-likeness (QED) is 0.475. The molecule has 3 rings (SSSR count). The van der Waals surface area contributed by atoms with E-state index in [1.807, 2.05) is 0 Å². The minimum atomic E-state index is -4.54. The summed E-state index contributed by atoms with van der Waals surface area (Å²) < 4.78 is 47.7. The molecule has 3 N–H and O–H groups in total. The molecular weight excluding hydrogens is 395 g/mol. The standard InChI is InChI=1S/C21H22F3N5O/c1-13-10-14(2)29(28-13)16-9-8-15(17(11-16)21(22,23)24)12-26-20(25)27-18-6-4-5-7-19(18)30-3/h4-11H,12H2,1-3H3,(H3,25,26,27). The van der Waals surface area contributed by atoms with Crippen molar-refractivity contribution in [1.82, 2.24) is 9.78 Å². The number of aryl methyl sites for hydroxylation is 2. The number of benzene rings is 2. The van der Waals surface area contributed by atoms with Crippen LogP contribution in [0.15, 0.2) is 53.5 Å². The normalized spacial score (nSPS) is 12.1. The maximum absolute atomic E-state index is 13.7. The van der Waals surface area contributed by atoms with Crippen LogP contribution < -0.4 is 15.8 Å². The molecule has 0 amide bonds. The van der Waals surface area contributed by atoms with E-state index >= 15 is 0 Å². The Morgan fingerprint density at radius 1 is 1.17 bits per heavy atom. The number of guanidine groups is 1. The lowest BCUT2D eigenvalue weighted by atomic mass is 10.1. The molecule has 0 saturated heterocycles. The zero-order valence-corrected chi connectivity index (χ0v) is 16.8. The number of nitrogens with two attached hydrogens (primary N) is 1. The first kappa shape index (κ1) is 21.2.